The maximum Gasteiger partial charge on any atom is 0.251 e. The summed E-state index contributed by atoms with van der Waals surface area (Å²) in [5, 5.41) is 0.525. The third kappa shape index (κ3) is 3.62. The van der Waals surface area contributed by atoms with Gasteiger partial charge < -0.3 is 9.88 Å². The molecule has 1 saturated carbocycles. The third-order valence-corrected chi connectivity index (χ3v) is 5.77. The van der Waals surface area contributed by atoms with Crippen molar-refractivity contribution in [3.05, 3.63) is 22.1 Å². The third-order valence-electron chi connectivity index (χ3n) is 4.92. The summed E-state index contributed by atoms with van der Waals surface area (Å²) in [6, 6.07) is 1.82. The molecule has 0 spiro atoms. The van der Waals surface area contributed by atoms with Gasteiger partial charge >= 0.3 is 0 Å². The van der Waals surface area contributed by atoms with Gasteiger partial charge in [-0.25, -0.2) is 4.98 Å². The molecular formula is C17H25N3O2S. The van der Waals surface area contributed by atoms with Gasteiger partial charge in [-0.1, -0.05) is 32.5 Å². The average Bonchev–Trinajstić information content (AvgIpc) is 2.64. The van der Waals surface area contributed by atoms with Crippen LogP contribution in [0.5, 0.6) is 0 Å². The average molecular weight is 335 g/mol. The Bertz CT molecular complexity index is 685. The normalized spacial score (nSPS) is 28.9. The molecule has 2 aliphatic rings. The molecule has 126 valence electrons. The minimum atomic E-state index is -0.168. The van der Waals surface area contributed by atoms with E-state index in [0.29, 0.717) is 28.1 Å². The van der Waals surface area contributed by atoms with E-state index in [4.69, 9.17) is 0 Å². The van der Waals surface area contributed by atoms with Crippen LogP contribution in [-0.4, -0.2) is 39.1 Å². The van der Waals surface area contributed by atoms with Gasteiger partial charge in [-0.05, 0) is 37.0 Å². The number of amides is 1. The first-order chi connectivity index (χ1) is 10.7. The highest BCUT2D eigenvalue weighted by Crippen LogP contribution is 2.52. The van der Waals surface area contributed by atoms with Gasteiger partial charge in [-0.15, -0.1) is 0 Å². The molecule has 3 rings (SSSR count). The lowest BCUT2D eigenvalue weighted by molar-refractivity contribution is -0.129. The van der Waals surface area contributed by atoms with E-state index in [9.17, 15) is 9.59 Å². The fraction of sp³-hybridized carbons (Fsp3) is 0.706. The summed E-state index contributed by atoms with van der Waals surface area (Å²) in [5.74, 6) is 0.491. The van der Waals surface area contributed by atoms with Crippen LogP contribution in [0.2, 0.25) is 0 Å². The number of carbonyl (C=O) groups excluding carboxylic acids is 1. The van der Waals surface area contributed by atoms with Crippen molar-refractivity contribution in [3.8, 4) is 0 Å². The molecule has 1 aliphatic heterocycles. The topological polar surface area (TPSA) is 66.1 Å². The minimum absolute atomic E-state index is 0.158. The Morgan fingerprint density at radius 1 is 1.43 bits per heavy atom. The van der Waals surface area contributed by atoms with Gasteiger partial charge in [0.25, 0.3) is 5.56 Å². The number of aromatic nitrogens is 2. The first kappa shape index (κ1) is 16.6. The molecule has 1 aromatic rings. The van der Waals surface area contributed by atoms with Crippen LogP contribution in [0, 0.1) is 17.8 Å². The molecule has 23 heavy (non-hydrogen) atoms. The van der Waals surface area contributed by atoms with E-state index in [1.165, 1.54) is 24.2 Å². The van der Waals surface area contributed by atoms with E-state index >= 15 is 0 Å². The van der Waals surface area contributed by atoms with E-state index in [1.807, 2.05) is 0 Å². The molecular weight excluding hydrogens is 310 g/mol. The number of fused-ring (bicyclic) bond motifs is 2. The van der Waals surface area contributed by atoms with E-state index < -0.39 is 0 Å². The minimum Gasteiger partial charge on any atom is -0.338 e. The van der Waals surface area contributed by atoms with Crippen molar-refractivity contribution in [3.63, 3.8) is 0 Å². The smallest absolute Gasteiger partial charge is 0.251 e. The molecule has 1 saturated heterocycles. The summed E-state index contributed by atoms with van der Waals surface area (Å²) in [6.07, 6.45) is 3.38. The highest BCUT2D eigenvalue weighted by atomic mass is 32.2. The molecule has 5 nitrogen and oxygen atoms in total. The van der Waals surface area contributed by atoms with Gasteiger partial charge in [-0.3, -0.25) is 9.59 Å². The molecule has 6 heteroatoms. The number of aromatic amines is 1. The lowest BCUT2D eigenvalue weighted by Gasteiger charge is -2.39. The van der Waals surface area contributed by atoms with Crippen LogP contribution in [-0.2, 0) is 4.79 Å². The number of thioether (sulfide) groups is 1. The fourth-order valence-electron chi connectivity index (χ4n) is 4.58. The van der Waals surface area contributed by atoms with Crippen molar-refractivity contribution < 1.29 is 4.79 Å². The molecule has 0 radical (unpaired) electrons. The van der Waals surface area contributed by atoms with Crippen LogP contribution in [0.25, 0.3) is 0 Å². The molecule has 0 unspecified atom stereocenters. The zero-order chi connectivity index (χ0) is 16.8. The predicted molar refractivity (Wildman–Crippen MR) is 91.6 cm³/mol. The number of hydrogen-bond acceptors (Lipinski definition) is 4. The van der Waals surface area contributed by atoms with Gasteiger partial charge in [0.15, 0.2) is 5.16 Å². The molecule has 1 N–H and O–H groups in total. The predicted octanol–water partition coefficient (Wildman–Crippen LogP) is 2.60. The largest absolute Gasteiger partial charge is 0.338 e. The molecule has 0 aromatic carbocycles. The van der Waals surface area contributed by atoms with Gasteiger partial charge in [0.1, 0.15) is 0 Å². The van der Waals surface area contributed by atoms with Crippen molar-refractivity contribution in [2.75, 3.05) is 12.3 Å². The monoisotopic (exact) mass is 335 g/mol. The van der Waals surface area contributed by atoms with Crippen molar-refractivity contribution >= 4 is 17.7 Å². The Kier molecular flexibility index (Phi) is 4.07. The summed E-state index contributed by atoms with van der Waals surface area (Å²) in [6.45, 7) is 9.57. The first-order valence-corrected chi connectivity index (χ1v) is 9.15. The standard InChI is InChI=1S/C17H25N3O2S/c1-11-5-13(21)19-15(18-11)23-8-14(22)20-10-17(4)7-12(20)6-16(2,3)9-17/h5,12H,6-10H2,1-4H3,(H,18,19,21)/t12-,17+/m1/s1. The van der Waals surface area contributed by atoms with Crippen molar-refractivity contribution in [2.24, 2.45) is 10.8 Å². The Labute approximate surface area is 141 Å². The van der Waals surface area contributed by atoms with Crippen molar-refractivity contribution in [2.45, 2.75) is 58.2 Å². The van der Waals surface area contributed by atoms with Crippen LogP contribution < -0.4 is 5.56 Å². The summed E-state index contributed by atoms with van der Waals surface area (Å²) in [7, 11) is 0. The second-order valence-electron chi connectivity index (χ2n) is 8.22. The second-order valence-corrected chi connectivity index (χ2v) is 9.18. The number of hydrogen-bond donors (Lipinski definition) is 1. The fourth-order valence-corrected chi connectivity index (χ4v) is 5.39. The van der Waals surface area contributed by atoms with E-state index in [2.05, 4.69) is 35.6 Å². The summed E-state index contributed by atoms with van der Waals surface area (Å²) in [5.41, 5.74) is 1.07. The molecule has 2 fully saturated rings. The number of H-pyrrole nitrogens is 1. The quantitative estimate of drug-likeness (QED) is 0.681. The molecule has 1 aliphatic carbocycles. The lowest BCUT2D eigenvalue weighted by Crippen LogP contribution is -2.38. The maximum absolute atomic E-state index is 12.7. The Morgan fingerprint density at radius 3 is 2.87 bits per heavy atom. The summed E-state index contributed by atoms with van der Waals surface area (Å²) in [4.78, 5) is 33.2. The maximum atomic E-state index is 12.7. The zero-order valence-electron chi connectivity index (χ0n) is 14.3. The Balaban J connectivity index is 1.66. The highest BCUT2D eigenvalue weighted by molar-refractivity contribution is 7.99. The van der Waals surface area contributed by atoms with Gasteiger partial charge in [0.05, 0.1) is 5.75 Å². The van der Waals surface area contributed by atoms with Crippen LogP contribution in [0.1, 0.15) is 45.7 Å². The van der Waals surface area contributed by atoms with Crippen LogP contribution in [0.3, 0.4) is 0 Å². The zero-order valence-corrected chi connectivity index (χ0v) is 15.1. The first-order valence-electron chi connectivity index (χ1n) is 8.16. The number of nitrogens with one attached hydrogen (secondary N) is 1. The number of aryl methyl sites for hydroxylation is 1. The van der Waals surface area contributed by atoms with E-state index in [1.54, 1.807) is 6.92 Å². The number of nitrogens with zero attached hydrogens (tertiary/aromatic N) is 2. The van der Waals surface area contributed by atoms with E-state index in [-0.39, 0.29) is 16.9 Å². The molecule has 2 heterocycles. The lowest BCUT2D eigenvalue weighted by atomic mass is 9.65. The van der Waals surface area contributed by atoms with E-state index in [0.717, 1.165) is 19.4 Å². The molecule has 1 amide bonds. The van der Waals surface area contributed by atoms with Crippen LogP contribution in [0.15, 0.2) is 16.0 Å². The number of rotatable bonds is 3. The molecule has 1 aromatic heterocycles. The second kappa shape index (κ2) is 5.65. The van der Waals surface area contributed by atoms with Crippen molar-refractivity contribution in [1.29, 1.82) is 0 Å². The Hall–Kier alpha value is -1.30. The van der Waals surface area contributed by atoms with Gasteiger partial charge in [-0.2, -0.15) is 0 Å². The van der Waals surface area contributed by atoms with Crippen molar-refractivity contribution in [1.82, 2.24) is 14.9 Å². The van der Waals surface area contributed by atoms with Gasteiger partial charge in [0, 0.05) is 24.3 Å². The van der Waals surface area contributed by atoms with Crippen LogP contribution >= 0.6 is 11.8 Å². The SMILES string of the molecule is Cc1cc(=O)[nH]c(SCC(=O)N2C[C@@]3(C)C[C@H]2CC(C)(C)C3)n1. The van der Waals surface area contributed by atoms with Crippen LogP contribution in [0.4, 0.5) is 0 Å². The molecule has 2 bridgehead atoms. The van der Waals surface area contributed by atoms with Gasteiger partial charge in [0.2, 0.25) is 5.91 Å². The molecule has 2 atom stereocenters. The highest BCUT2D eigenvalue weighted by Gasteiger charge is 2.50. The number of carbonyl (C=O) groups is 1. The summed E-state index contributed by atoms with van der Waals surface area (Å²) >= 11 is 1.32. The Morgan fingerprint density at radius 2 is 2.17 bits per heavy atom. The summed E-state index contributed by atoms with van der Waals surface area (Å²) < 4.78 is 0. The number of likely N-dealkylation sites (tertiary alicyclic amines) is 1.